The number of ether oxygens (including phenoxy) is 1. The van der Waals surface area contributed by atoms with E-state index in [0.717, 1.165) is 34.9 Å². The van der Waals surface area contributed by atoms with E-state index in [1.54, 1.807) is 12.7 Å². The molecular weight excluding hydrogens is 450 g/mol. The Hall–Kier alpha value is -1.03. The summed E-state index contributed by atoms with van der Waals surface area (Å²) in [5, 5.41) is 0. The highest BCUT2D eigenvalue weighted by atomic mass is 79.9. The third-order valence-corrected chi connectivity index (χ3v) is 9.63. The van der Waals surface area contributed by atoms with Crippen molar-refractivity contribution < 1.29 is 9.53 Å². The third kappa shape index (κ3) is 3.96. The monoisotopic (exact) mass is 489 g/mol. The fourth-order valence-corrected chi connectivity index (χ4v) is 8.18. The van der Waals surface area contributed by atoms with Gasteiger partial charge in [0.2, 0.25) is 5.91 Å². The number of benzene rings is 1. The van der Waals surface area contributed by atoms with Crippen molar-refractivity contribution in [2.45, 2.75) is 97.6 Å². The van der Waals surface area contributed by atoms with Crippen LogP contribution in [0.25, 0.3) is 0 Å². The lowest BCUT2D eigenvalue weighted by Crippen LogP contribution is -2.46. The normalized spacial score (nSPS) is 31.9. The van der Waals surface area contributed by atoms with Gasteiger partial charge in [-0.3, -0.25) is 4.79 Å². The van der Waals surface area contributed by atoms with Crippen molar-refractivity contribution in [1.29, 1.82) is 0 Å². The molecule has 1 aromatic carbocycles. The smallest absolute Gasteiger partial charge is 0.223 e. The number of carbonyl (C=O) groups is 1. The molecule has 3 nitrogen and oxygen atoms in total. The molecule has 3 aliphatic carbocycles. The van der Waals surface area contributed by atoms with E-state index in [-0.39, 0.29) is 12.1 Å². The lowest BCUT2D eigenvalue weighted by molar-refractivity contribution is -0.137. The molecule has 4 rings (SSSR count). The van der Waals surface area contributed by atoms with Crippen molar-refractivity contribution in [1.82, 2.24) is 4.90 Å². The summed E-state index contributed by atoms with van der Waals surface area (Å²) in [6.07, 6.45) is 8.21. The molecule has 0 N–H and O–H groups in total. The SMILES string of the molecule is COc1cc2c(cc1Br)[C@H]1CC[C@]3(C)[C@@H](CC(=O)N(C(C)C)C(C)C)CC[C@H]3[C@@H]1CC2. The maximum atomic E-state index is 13.3. The van der Waals surface area contributed by atoms with Gasteiger partial charge in [0, 0.05) is 18.5 Å². The number of aryl methyl sites for hydroxylation is 1. The minimum absolute atomic E-state index is 0.276. The van der Waals surface area contributed by atoms with Crippen molar-refractivity contribution in [3.63, 3.8) is 0 Å². The third-order valence-electron chi connectivity index (χ3n) is 9.02. The second-order valence-corrected chi connectivity index (χ2v) is 12.0. The maximum Gasteiger partial charge on any atom is 0.223 e. The Kier molecular flexibility index (Phi) is 6.51. The van der Waals surface area contributed by atoms with Gasteiger partial charge in [0.15, 0.2) is 0 Å². The minimum atomic E-state index is 0.276. The van der Waals surface area contributed by atoms with Gasteiger partial charge >= 0.3 is 0 Å². The Labute approximate surface area is 197 Å². The Balaban J connectivity index is 1.54. The molecule has 4 heteroatoms. The van der Waals surface area contributed by atoms with Crippen LogP contribution >= 0.6 is 15.9 Å². The fraction of sp³-hybridized carbons (Fsp3) is 0.741. The van der Waals surface area contributed by atoms with Crippen molar-refractivity contribution in [2.24, 2.45) is 23.2 Å². The molecule has 0 radical (unpaired) electrons. The van der Waals surface area contributed by atoms with E-state index in [1.807, 2.05) is 0 Å². The lowest BCUT2D eigenvalue weighted by Gasteiger charge is -2.51. The fourth-order valence-electron chi connectivity index (χ4n) is 7.66. The first kappa shape index (κ1) is 23.1. The van der Waals surface area contributed by atoms with E-state index in [2.05, 4.69) is 67.6 Å². The van der Waals surface area contributed by atoms with Crippen LogP contribution in [0.1, 0.15) is 90.2 Å². The molecule has 1 amide bonds. The van der Waals surface area contributed by atoms with E-state index < -0.39 is 0 Å². The molecule has 0 aliphatic heterocycles. The zero-order valence-electron chi connectivity index (χ0n) is 20.2. The van der Waals surface area contributed by atoms with Crippen LogP contribution in [0.15, 0.2) is 16.6 Å². The zero-order valence-corrected chi connectivity index (χ0v) is 21.8. The average molecular weight is 491 g/mol. The molecular formula is C27H40BrNO2. The first-order chi connectivity index (χ1) is 14.7. The van der Waals surface area contributed by atoms with Gasteiger partial charge in [0.1, 0.15) is 5.75 Å². The van der Waals surface area contributed by atoms with Crippen molar-refractivity contribution in [3.8, 4) is 5.75 Å². The molecule has 3 aliphatic rings. The highest BCUT2D eigenvalue weighted by molar-refractivity contribution is 9.10. The number of carbonyl (C=O) groups excluding carboxylic acids is 1. The van der Waals surface area contributed by atoms with E-state index in [4.69, 9.17) is 4.74 Å². The Morgan fingerprint density at radius 2 is 1.87 bits per heavy atom. The van der Waals surface area contributed by atoms with Gasteiger partial charge in [-0.25, -0.2) is 0 Å². The van der Waals surface area contributed by atoms with Gasteiger partial charge in [-0.15, -0.1) is 0 Å². The topological polar surface area (TPSA) is 29.5 Å². The number of hydrogen-bond acceptors (Lipinski definition) is 2. The summed E-state index contributed by atoms with van der Waals surface area (Å²) in [6.45, 7) is 11.1. The Morgan fingerprint density at radius 3 is 2.52 bits per heavy atom. The van der Waals surface area contributed by atoms with Crippen molar-refractivity contribution >= 4 is 21.8 Å². The molecule has 0 heterocycles. The van der Waals surface area contributed by atoms with Crippen LogP contribution in [0, 0.1) is 23.2 Å². The molecule has 2 saturated carbocycles. The second kappa shape index (κ2) is 8.72. The standard InChI is InChI=1S/C27H40BrNO2/c1-16(2)29(17(3)4)26(30)14-19-8-10-23-21-9-7-18-13-25(31-6)24(28)15-22(18)20(21)11-12-27(19,23)5/h13,15-17,19-21,23H,7-12,14H2,1-6H3/t19-,20+,21-,23+,27-/m1/s1. The summed E-state index contributed by atoms with van der Waals surface area (Å²) in [5.41, 5.74) is 3.35. The van der Waals surface area contributed by atoms with Gasteiger partial charge in [-0.05, 0) is 134 Å². The van der Waals surface area contributed by atoms with E-state index >= 15 is 0 Å². The molecule has 0 spiro atoms. The highest BCUT2D eigenvalue weighted by Gasteiger charge is 2.55. The van der Waals surface area contributed by atoms with Crippen LogP contribution in [-0.2, 0) is 11.2 Å². The molecule has 0 unspecified atom stereocenters. The summed E-state index contributed by atoms with van der Waals surface area (Å²) in [5.74, 6) is 4.04. The van der Waals surface area contributed by atoms with E-state index in [0.29, 0.717) is 23.2 Å². The van der Waals surface area contributed by atoms with Crippen LogP contribution in [-0.4, -0.2) is 30.0 Å². The number of amides is 1. The lowest BCUT2D eigenvalue weighted by atomic mass is 9.54. The largest absolute Gasteiger partial charge is 0.496 e. The zero-order chi connectivity index (χ0) is 22.5. The number of fused-ring (bicyclic) bond motifs is 5. The summed E-state index contributed by atoms with van der Waals surface area (Å²) in [6, 6.07) is 5.15. The predicted octanol–water partition coefficient (Wildman–Crippen LogP) is 6.97. The molecule has 5 atom stereocenters. The summed E-state index contributed by atoms with van der Waals surface area (Å²) >= 11 is 3.73. The number of hydrogen-bond donors (Lipinski definition) is 0. The molecule has 1 aromatic rings. The van der Waals surface area contributed by atoms with Gasteiger partial charge < -0.3 is 9.64 Å². The van der Waals surface area contributed by atoms with Gasteiger partial charge in [0.05, 0.1) is 11.6 Å². The van der Waals surface area contributed by atoms with Crippen LogP contribution in [0.2, 0.25) is 0 Å². The molecule has 2 fully saturated rings. The number of methoxy groups -OCH3 is 1. The maximum absolute atomic E-state index is 13.3. The predicted molar refractivity (Wildman–Crippen MR) is 131 cm³/mol. The van der Waals surface area contributed by atoms with Gasteiger partial charge in [-0.1, -0.05) is 6.92 Å². The van der Waals surface area contributed by atoms with Crippen LogP contribution in [0.3, 0.4) is 0 Å². The molecule has 172 valence electrons. The Bertz CT molecular complexity index is 827. The molecule has 0 bridgehead atoms. The highest BCUT2D eigenvalue weighted by Crippen LogP contribution is 2.64. The minimum Gasteiger partial charge on any atom is -0.496 e. The number of halogens is 1. The summed E-state index contributed by atoms with van der Waals surface area (Å²) in [7, 11) is 1.75. The first-order valence-corrected chi connectivity index (χ1v) is 13.1. The average Bonchev–Trinajstić information content (AvgIpc) is 3.03. The van der Waals surface area contributed by atoms with Crippen molar-refractivity contribution in [2.75, 3.05) is 7.11 Å². The Morgan fingerprint density at radius 1 is 1.16 bits per heavy atom. The summed E-state index contributed by atoms with van der Waals surface area (Å²) < 4.78 is 6.64. The van der Waals surface area contributed by atoms with Crippen LogP contribution in [0.5, 0.6) is 5.75 Å². The van der Waals surface area contributed by atoms with E-state index in [1.165, 1.54) is 37.7 Å². The molecule has 31 heavy (non-hydrogen) atoms. The number of nitrogens with zero attached hydrogens (tertiary/aromatic N) is 1. The number of rotatable bonds is 5. The quantitative estimate of drug-likeness (QED) is 0.446. The van der Waals surface area contributed by atoms with E-state index in [9.17, 15) is 4.79 Å². The van der Waals surface area contributed by atoms with Gasteiger partial charge in [-0.2, -0.15) is 0 Å². The molecule has 0 aromatic heterocycles. The van der Waals surface area contributed by atoms with Crippen molar-refractivity contribution in [3.05, 3.63) is 27.7 Å². The first-order valence-electron chi connectivity index (χ1n) is 12.3. The summed E-state index contributed by atoms with van der Waals surface area (Å²) in [4.78, 5) is 15.4. The van der Waals surface area contributed by atoms with Crippen LogP contribution < -0.4 is 4.74 Å². The second-order valence-electron chi connectivity index (χ2n) is 11.1. The van der Waals surface area contributed by atoms with Crippen LogP contribution in [0.4, 0.5) is 0 Å². The molecule has 0 saturated heterocycles. The van der Waals surface area contributed by atoms with Gasteiger partial charge in [0.25, 0.3) is 0 Å².